The van der Waals surface area contributed by atoms with Gasteiger partial charge in [0.25, 0.3) is 0 Å². The van der Waals surface area contributed by atoms with Crippen LogP contribution >= 0.6 is 0 Å². The standard InChI is InChI=1S/C26H31N5O8/c27-17(13-21(28)32)23(35)29-18(11-15-7-3-1-4-8-15)24(36)30-19(12-16-9-5-2-6-10-16)25(37)31-20(26(38)39)14-22(33)34/h1-10,17-20H,11-14,27H2,(H2,28,32)(H,29,35)(H,30,36)(H,31,37)(H,33,34)(H,38,39). The number of carbonyl (C=O) groups is 6. The van der Waals surface area contributed by atoms with E-state index in [0.29, 0.717) is 11.1 Å². The molecule has 0 bridgehead atoms. The van der Waals surface area contributed by atoms with Gasteiger partial charge >= 0.3 is 11.9 Å². The molecule has 13 heteroatoms. The van der Waals surface area contributed by atoms with E-state index >= 15 is 0 Å². The van der Waals surface area contributed by atoms with Gasteiger partial charge in [-0.1, -0.05) is 60.7 Å². The summed E-state index contributed by atoms with van der Waals surface area (Å²) in [6.45, 7) is 0. The van der Waals surface area contributed by atoms with Gasteiger partial charge in [0.1, 0.15) is 18.1 Å². The van der Waals surface area contributed by atoms with E-state index in [1.165, 1.54) is 0 Å². The fraction of sp³-hybridized carbons (Fsp3) is 0.308. The Morgan fingerprint density at radius 2 is 1.05 bits per heavy atom. The molecule has 0 saturated carbocycles. The van der Waals surface area contributed by atoms with E-state index in [-0.39, 0.29) is 12.8 Å². The lowest BCUT2D eigenvalue weighted by Gasteiger charge is -2.25. The van der Waals surface area contributed by atoms with E-state index < -0.39 is 72.6 Å². The molecule has 0 fully saturated rings. The lowest BCUT2D eigenvalue weighted by atomic mass is 10.0. The van der Waals surface area contributed by atoms with Crippen LogP contribution in [0.15, 0.2) is 60.7 Å². The third-order valence-electron chi connectivity index (χ3n) is 5.58. The highest BCUT2D eigenvalue weighted by Gasteiger charge is 2.31. The van der Waals surface area contributed by atoms with Crippen molar-refractivity contribution in [1.82, 2.24) is 16.0 Å². The van der Waals surface area contributed by atoms with Crippen molar-refractivity contribution in [1.29, 1.82) is 0 Å². The summed E-state index contributed by atoms with van der Waals surface area (Å²) in [4.78, 5) is 72.8. The van der Waals surface area contributed by atoms with Gasteiger partial charge < -0.3 is 37.6 Å². The quantitative estimate of drug-likeness (QED) is 0.142. The van der Waals surface area contributed by atoms with Crippen LogP contribution < -0.4 is 27.4 Å². The molecule has 39 heavy (non-hydrogen) atoms. The van der Waals surface area contributed by atoms with Crippen LogP contribution in [-0.2, 0) is 41.6 Å². The zero-order valence-electron chi connectivity index (χ0n) is 20.9. The van der Waals surface area contributed by atoms with Gasteiger partial charge in [0.15, 0.2) is 0 Å². The Morgan fingerprint density at radius 3 is 1.44 bits per heavy atom. The van der Waals surface area contributed by atoms with Crippen molar-refractivity contribution >= 4 is 35.6 Å². The van der Waals surface area contributed by atoms with Crippen LogP contribution in [0.2, 0.25) is 0 Å². The van der Waals surface area contributed by atoms with Crippen molar-refractivity contribution in [3.8, 4) is 0 Å². The van der Waals surface area contributed by atoms with Gasteiger partial charge in [-0.25, -0.2) is 4.79 Å². The van der Waals surface area contributed by atoms with Crippen molar-refractivity contribution < 1.29 is 39.0 Å². The summed E-state index contributed by atoms with van der Waals surface area (Å²) in [5.41, 5.74) is 12.1. The van der Waals surface area contributed by atoms with Crippen molar-refractivity contribution in [2.75, 3.05) is 0 Å². The molecule has 0 aliphatic carbocycles. The molecule has 0 aromatic heterocycles. The van der Waals surface area contributed by atoms with E-state index in [1.807, 2.05) is 0 Å². The van der Waals surface area contributed by atoms with E-state index in [0.717, 1.165) is 0 Å². The summed E-state index contributed by atoms with van der Waals surface area (Å²) in [6.07, 6.45) is -1.40. The number of carboxylic acid groups (broad SMARTS) is 2. The van der Waals surface area contributed by atoms with Crippen LogP contribution in [0.5, 0.6) is 0 Å². The summed E-state index contributed by atoms with van der Waals surface area (Å²) in [6, 6.07) is 11.5. The molecule has 0 spiro atoms. The average Bonchev–Trinajstić information content (AvgIpc) is 2.87. The lowest BCUT2D eigenvalue weighted by Crippen LogP contribution is -2.58. The fourth-order valence-corrected chi connectivity index (χ4v) is 3.63. The monoisotopic (exact) mass is 541 g/mol. The Balaban J connectivity index is 2.31. The van der Waals surface area contributed by atoms with Gasteiger partial charge in [-0.15, -0.1) is 0 Å². The first-order valence-corrected chi connectivity index (χ1v) is 11.9. The molecule has 0 heterocycles. The third kappa shape index (κ3) is 10.6. The van der Waals surface area contributed by atoms with Gasteiger partial charge in [-0.2, -0.15) is 0 Å². The number of primary amides is 1. The number of nitrogens with one attached hydrogen (secondary N) is 3. The third-order valence-corrected chi connectivity index (χ3v) is 5.58. The smallest absolute Gasteiger partial charge is 0.326 e. The molecule has 4 unspecified atom stereocenters. The maximum absolute atomic E-state index is 13.4. The van der Waals surface area contributed by atoms with Crippen LogP contribution in [0.25, 0.3) is 0 Å². The van der Waals surface area contributed by atoms with Gasteiger partial charge in [0.05, 0.1) is 18.9 Å². The number of hydrogen-bond acceptors (Lipinski definition) is 7. The number of amides is 4. The highest BCUT2D eigenvalue weighted by atomic mass is 16.4. The summed E-state index contributed by atoms with van der Waals surface area (Å²) >= 11 is 0. The number of aliphatic carboxylic acids is 2. The first-order chi connectivity index (χ1) is 18.5. The van der Waals surface area contributed by atoms with E-state index in [1.54, 1.807) is 60.7 Å². The Hall–Kier alpha value is -4.78. The number of hydrogen-bond donors (Lipinski definition) is 7. The zero-order valence-corrected chi connectivity index (χ0v) is 20.9. The first kappa shape index (κ1) is 30.4. The van der Waals surface area contributed by atoms with Crippen LogP contribution in [0.3, 0.4) is 0 Å². The number of nitrogens with two attached hydrogens (primary N) is 2. The molecule has 9 N–H and O–H groups in total. The minimum atomic E-state index is -1.74. The second-order valence-corrected chi connectivity index (χ2v) is 8.78. The summed E-state index contributed by atoms with van der Waals surface area (Å²) in [7, 11) is 0. The number of carboxylic acids is 2. The van der Waals surface area contributed by atoms with Crippen molar-refractivity contribution in [3.63, 3.8) is 0 Å². The van der Waals surface area contributed by atoms with Crippen LogP contribution in [0.4, 0.5) is 0 Å². The number of benzene rings is 2. The lowest BCUT2D eigenvalue weighted by molar-refractivity contribution is -0.147. The minimum absolute atomic E-state index is 0.00184. The molecular formula is C26H31N5O8. The summed E-state index contributed by atoms with van der Waals surface area (Å²) in [5.74, 6) is -6.36. The molecule has 13 nitrogen and oxygen atoms in total. The minimum Gasteiger partial charge on any atom is -0.481 e. The normalized spacial score (nSPS) is 13.7. The maximum Gasteiger partial charge on any atom is 0.326 e. The molecular weight excluding hydrogens is 510 g/mol. The first-order valence-electron chi connectivity index (χ1n) is 11.9. The topological polar surface area (TPSA) is 231 Å². The molecule has 208 valence electrons. The van der Waals surface area contributed by atoms with E-state index in [4.69, 9.17) is 16.6 Å². The summed E-state index contributed by atoms with van der Waals surface area (Å²) < 4.78 is 0. The molecule has 2 aromatic rings. The predicted molar refractivity (Wildman–Crippen MR) is 138 cm³/mol. The summed E-state index contributed by atoms with van der Waals surface area (Å²) in [5, 5.41) is 25.5. The second-order valence-electron chi connectivity index (χ2n) is 8.78. The fourth-order valence-electron chi connectivity index (χ4n) is 3.63. The molecule has 4 atom stereocenters. The van der Waals surface area contributed by atoms with Crippen molar-refractivity contribution in [3.05, 3.63) is 71.8 Å². The van der Waals surface area contributed by atoms with E-state index in [9.17, 15) is 33.9 Å². The van der Waals surface area contributed by atoms with Gasteiger partial charge in [0.2, 0.25) is 23.6 Å². The molecule has 4 amide bonds. The highest BCUT2D eigenvalue weighted by molar-refractivity contribution is 5.95. The highest BCUT2D eigenvalue weighted by Crippen LogP contribution is 2.08. The Labute approximate surface area is 223 Å². The molecule has 0 aliphatic rings. The molecule has 0 aliphatic heterocycles. The average molecular weight is 542 g/mol. The molecule has 2 aromatic carbocycles. The Bertz CT molecular complexity index is 1180. The molecule has 0 saturated heterocycles. The largest absolute Gasteiger partial charge is 0.481 e. The molecule has 2 rings (SSSR count). The van der Waals surface area contributed by atoms with Crippen LogP contribution in [0.1, 0.15) is 24.0 Å². The van der Waals surface area contributed by atoms with Gasteiger partial charge in [-0.05, 0) is 11.1 Å². The Kier molecular flexibility index (Phi) is 11.6. The molecule has 0 radical (unpaired) electrons. The second kappa shape index (κ2) is 14.8. The van der Waals surface area contributed by atoms with Crippen molar-refractivity contribution in [2.24, 2.45) is 11.5 Å². The SMILES string of the molecule is NC(=O)CC(N)C(=O)NC(Cc1ccccc1)C(=O)NC(Cc1ccccc1)C(=O)NC(CC(=O)O)C(=O)O. The van der Waals surface area contributed by atoms with Gasteiger partial charge in [-0.3, -0.25) is 24.0 Å². The van der Waals surface area contributed by atoms with Gasteiger partial charge in [0, 0.05) is 12.8 Å². The number of rotatable bonds is 15. The predicted octanol–water partition coefficient (Wildman–Crippen LogP) is -1.31. The van der Waals surface area contributed by atoms with E-state index in [2.05, 4.69) is 16.0 Å². The van der Waals surface area contributed by atoms with Crippen LogP contribution in [-0.4, -0.2) is 69.9 Å². The zero-order chi connectivity index (χ0) is 28.9. The van der Waals surface area contributed by atoms with Crippen molar-refractivity contribution in [2.45, 2.75) is 49.9 Å². The number of carbonyl (C=O) groups excluding carboxylic acids is 4. The maximum atomic E-state index is 13.4. The Morgan fingerprint density at radius 1 is 0.641 bits per heavy atom. The van der Waals surface area contributed by atoms with Crippen LogP contribution in [0, 0.1) is 0 Å².